The molecule has 0 heterocycles. The van der Waals surface area contributed by atoms with Gasteiger partial charge in [0.2, 0.25) is 0 Å². The Morgan fingerprint density at radius 3 is 2.68 bits per heavy atom. The standard InChI is InChI=1S/C15H19BrO3/c1-18-13-8-7-12(9-17)14(16)15(13)19-10-11-5-3-2-4-6-11/h7-9,11H,2-6,10H2,1H3. The van der Waals surface area contributed by atoms with Crippen molar-refractivity contribution in [2.24, 2.45) is 5.92 Å². The molecule has 0 bridgehead atoms. The molecular weight excluding hydrogens is 308 g/mol. The summed E-state index contributed by atoms with van der Waals surface area (Å²) < 4.78 is 11.9. The third-order valence-electron chi connectivity index (χ3n) is 3.63. The second-order valence-electron chi connectivity index (χ2n) is 4.93. The lowest BCUT2D eigenvalue weighted by atomic mass is 9.90. The maximum absolute atomic E-state index is 11.0. The van der Waals surface area contributed by atoms with Crippen LogP contribution in [0, 0.1) is 5.92 Å². The first-order valence-electron chi connectivity index (χ1n) is 6.70. The van der Waals surface area contributed by atoms with Gasteiger partial charge in [-0.1, -0.05) is 19.3 Å². The maximum atomic E-state index is 11.0. The van der Waals surface area contributed by atoms with Gasteiger partial charge in [-0.05, 0) is 46.8 Å². The number of aldehydes is 1. The van der Waals surface area contributed by atoms with Crippen molar-refractivity contribution < 1.29 is 14.3 Å². The fraction of sp³-hybridized carbons (Fsp3) is 0.533. The minimum Gasteiger partial charge on any atom is -0.493 e. The van der Waals surface area contributed by atoms with Crippen molar-refractivity contribution in [1.29, 1.82) is 0 Å². The van der Waals surface area contributed by atoms with Crippen LogP contribution in [0.1, 0.15) is 42.5 Å². The van der Waals surface area contributed by atoms with Crippen LogP contribution >= 0.6 is 15.9 Å². The van der Waals surface area contributed by atoms with E-state index >= 15 is 0 Å². The molecule has 0 spiro atoms. The third kappa shape index (κ3) is 3.50. The molecule has 0 saturated heterocycles. The van der Waals surface area contributed by atoms with E-state index in [2.05, 4.69) is 15.9 Å². The summed E-state index contributed by atoms with van der Waals surface area (Å²) in [5, 5.41) is 0. The largest absolute Gasteiger partial charge is 0.493 e. The molecular formula is C15H19BrO3. The monoisotopic (exact) mass is 326 g/mol. The molecule has 0 unspecified atom stereocenters. The van der Waals surface area contributed by atoms with Crippen molar-refractivity contribution in [1.82, 2.24) is 0 Å². The Morgan fingerprint density at radius 1 is 1.32 bits per heavy atom. The highest BCUT2D eigenvalue weighted by Gasteiger charge is 2.18. The predicted octanol–water partition coefficient (Wildman–Crippen LogP) is 4.23. The summed E-state index contributed by atoms with van der Waals surface area (Å²) in [6.45, 7) is 0.692. The molecule has 4 heteroatoms. The summed E-state index contributed by atoms with van der Waals surface area (Å²) in [6.07, 6.45) is 7.20. The normalized spacial score (nSPS) is 16.1. The molecule has 1 aromatic carbocycles. The van der Waals surface area contributed by atoms with Crippen molar-refractivity contribution in [3.8, 4) is 11.5 Å². The van der Waals surface area contributed by atoms with Gasteiger partial charge in [0, 0.05) is 5.56 Å². The van der Waals surface area contributed by atoms with E-state index in [1.165, 1.54) is 32.1 Å². The highest BCUT2D eigenvalue weighted by Crippen LogP contribution is 2.38. The van der Waals surface area contributed by atoms with Crippen molar-refractivity contribution >= 4 is 22.2 Å². The summed E-state index contributed by atoms with van der Waals surface area (Å²) in [5.74, 6) is 1.91. The lowest BCUT2D eigenvalue weighted by molar-refractivity contribution is 0.112. The lowest BCUT2D eigenvalue weighted by Gasteiger charge is -2.22. The summed E-state index contributed by atoms with van der Waals surface area (Å²) in [5.41, 5.74) is 0.583. The van der Waals surface area contributed by atoms with Gasteiger partial charge in [-0.2, -0.15) is 0 Å². The van der Waals surface area contributed by atoms with E-state index in [4.69, 9.17) is 9.47 Å². The van der Waals surface area contributed by atoms with E-state index in [9.17, 15) is 4.79 Å². The Bertz CT molecular complexity index is 439. The molecule has 0 aliphatic heterocycles. The van der Waals surface area contributed by atoms with Crippen LogP contribution in [0.4, 0.5) is 0 Å². The van der Waals surface area contributed by atoms with Crippen LogP contribution in [0.3, 0.4) is 0 Å². The number of methoxy groups -OCH3 is 1. The van der Waals surface area contributed by atoms with Gasteiger partial charge in [0.1, 0.15) is 0 Å². The zero-order valence-electron chi connectivity index (χ0n) is 11.2. The van der Waals surface area contributed by atoms with Gasteiger partial charge in [-0.3, -0.25) is 4.79 Å². The zero-order chi connectivity index (χ0) is 13.7. The van der Waals surface area contributed by atoms with E-state index in [-0.39, 0.29) is 0 Å². The number of rotatable bonds is 5. The Kier molecular flexibility index (Phi) is 5.25. The minimum absolute atomic E-state index is 0.583. The molecule has 2 rings (SSSR count). The topological polar surface area (TPSA) is 35.5 Å². The number of carbonyl (C=O) groups excluding carboxylic acids is 1. The number of halogens is 1. The van der Waals surface area contributed by atoms with Gasteiger partial charge in [-0.15, -0.1) is 0 Å². The molecule has 0 amide bonds. The summed E-state index contributed by atoms with van der Waals surface area (Å²) in [7, 11) is 1.61. The highest BCUT2D eigenvalue weighted by atomic mass is 79.9. The van der Waals surface area contributed by atoms with E-state index in [0.29, 0.717) is 34.1 Å². The number of carbonyl (C=O) groups is 1. The molecule has 1 fully saturated rings. The first-order valence-corrected chi connectivity index (χ1v) is 7.50. The van der Waals surface area contributed by atoms with Crippen LogP contribution in [0.25, 0.3) is 0 Å². The highest BCUT2D eigenvalue weighted by molar-refractivity contribution is 9.10. The number of ether oxygens (including phenoxy) is 2. The summed E-state index contributed by atoms with van der Waals surface area (Å²) in [6, 6.07) is 3.49. The molecule has 19 heavy (non-hydrogen) atoms. The Balaban J connectivity index is 2.10. The van der Waals surface area contributed by atoms with Crippen molar-refractivity contribution in [2.75, 3.05) is 13.7 Å². The van der Waals surface area contributed by atoms with Gasteiger partial charge < -0.3 is 9.47 Å². The molecule has 0 N–H and O–H groups in total. The Hall–Kier alpha value is -1.03. The van der Waals surface area contributed by atoms with Crippen LogP contribution in [0.2, 0.25) is 0 Å². The van der Waals surface area contributed by atoms with Gasteiger partial charge in [0.15, 0.2) is 17.8 Å². The Morgan fingerprint density at radius 2 is 2.05 bits per heavy atom. The van der Waals surface area contributed by atoms with Gasteiger partial charge in [0.25, 0.3) is 0 Å². The van der Waals surface area contributed by atoms with Gasteiger partial charge in [-0.25, -0.2) is 0 Å². The molecule has 3 nitrogen and oxygen atoms in total. The van der Waals surface area contributed by atoms with Crippen molar-refractivity contribution in [3.05, 3.63) is 22.2 Å². The van der Waals surface area contributed by atoms with Crippen LogP contribution in [-0.2, 0) is 0 Å². The van der Waals surface area contributed by atoms with E-state index in [1.54, 1.807) is 19.2 Å². The molecule has 1 saturated carbocycles. The van der Waals surface area contributed by atoms with Crippen LogP contribution in [0.5, 0.6) is 11.5 Å². The fourth-order valence-electron chi connectivity index (χ4n) is 2.49. The van der Waals surface area contributed by atoms with Crippen LogP contribution < -0.4 is 9.47 Å². The molecule has 1 aromatic rings. The minimum atomic E-state index is 0.583. The van der Waals surface area contributed by atoms with Gasteiger partial charge >= 0.3 is 0 Å². The summed E-state index contributed by atoms with van der Waals surface area (Å²) >= 11 is 3.42. The summed E-state index contributed by atoms with van der Waals surface area (Å²) in [4.78, 5) is 11.0. The van der Waals surface area contributed by atoms with Gasteiger partial charge in [0.05, 0.1) is 18.2 Å². The third-order valence-corrected chi connectivity index (χ3v) is 4.44. The molecule has 0 atom stereocenters. The molecule has 0 aromatic heterocycles. The quantitative estimate of drug-likeness (QED) is 0.759. The van der Waals surface area contributed by atoms with Crippen molar-refractivity contribution in [3.63, 3.8) is 0 Å². The molecule has 1 aliphatic carbocycles. The van der Waals surface area contributed by atoms with E-state index < -0.39 is 0 Å². The Labute approximate surface area is 122 Å². The fourth-order valence-corrected chi connectivity index (χ4v) is 3.03. The smallest absolute Gasteiger partial charge is 0.176 e. The van der Waals surface area contributed by atoms with E-state index in [1.807, 2.05) is 0 Å². The SMILES string of the molecule is COc1ccc(C=O)c(Br)c1OCC1CCCCC1. The molecule has 0 radical (unpaired) electrons. The second-order valence-corrected chi connectivity index (χ2v) is 5.73. The number of hydrogen-bond donors (Lipinski definition) is 0. The average molecular weight is 327 g/mol. The lowest BCUT2D eigenvalue weighted by Crippen LogP contribution is -2.15. The average Bonchev–Trinajstić information content (AvgIpc) is 2.46. The van der Waals surface area contributed by atoms with E-state index in [0.717, 1.165) is 6.29 Å². The van der Waals surface area contributed by atoms with Crippen molar-refractivity contribution in [2.45, 2.75) is 32.1 Å². The maximum Gasteiger partial charge on any atom is 0.176 e. The zero-order valence-corrected chi connectivity index (χ0v) is 12.7. The first kappa shape index (κ1) is 14.4. The number of benzene rings is 1. The molecule has 1 aliphatic rings. The molecule has 104 valence electrons. The number of hydrogen-bond acceptors (Lipinski definition) is 3. The second kappa shape index (κ2) is 6.94. The predicted molar refractivity (Wildman–Crippen MR) is 78.2 cm³/mol. The van der Waals surface area contributed by atoms with Crippen LogP contribution in [-0.4, -0.2) is 20.0 Å². The van der Waals surface area contributed by atoms with Crippen LogP contribution in [0.15, 0.2) is 16.6 Å². The first-order chi connectivity index (χ1) is 9.26.